The summed E-state index contributed by atoms with van der Waals surface area (Å²) in [4.78, 5) is 22.3. The van der Waals surface area contributed by atoms with Gasteiger partial charge in [-0.25, -0.2) is 0 Å². The fraction of sp³-hybridized carbons (Fsp3) is 0.833. The Hall–Kier alpha value is -1.06. The van der Waals surface area contributed by atoms with Crippen LogP contribution in [-0.4, -0.2) is 24.6 Å². The van der Waals surface area contributed by atoms with Gasteiger partial charge in [-0.1, -0.05) is 19.8 Å². The highest BCUT2D eigenvalue weighted by molar-refractivity contribution is 5.77. The van der Waals surface area contributed by atoms with Crippen molar-refractivity contribution in [1.82, 2.24) is 0 Å². The van der Waals surface area contributed by atoms with Crippen molar-refractivity contribution in [2.75, 3.05) is 6.61 Å². The van der Waals surface area contributed by atoms with Gasteiger partial charge in [-0.2, -0.15) is 0 Å². The molecule has 0 aliphatic carbocycles. The van der Waals surface area contributed by atoms with E-state index in [4.69, 9.17) is 9.47 Å². The van der Waals surface area contributed by atoms with Gasteiger partial charge in [-0.3, -0.25) is 9.59 Å². The molecule has 1 atom stereocenters. The van der Waals surface area contributed by atoms with E-state index in [1.807, 2.05) is 6.92 Å². The Bertz CT molecular complexity index is 213. The fourth-order valence-electron chi connectivity index (χ4n) is 1.27. The van der Waals surface area contributed by atoms with Crippen LogP contribution in [0.25, 0.3) is 0 Å². The van der Waals surface area contributed by atoms with Crippen LogP contribution in [0.4, 0.5) is 0 Å². The molecule has 0 aromatic rings. The maximum atomic E-state index is 11.3. The minimum absolute atomic E-state index is 0.0605. The number of esters is 2. The molecule has 0 N–H and O–H groups in total. The Balaban J connectivity index is 3.61. The van der Waals surface area contributed by atoms with E-state index in [2.05, 4.69) is 6.92 Å². The standard InChI is InChI=1S/C12H22O4/c1-4-6-7-10(3)16-12(14)9-8-11(13)15-5-2/h10H,4-9H2,1-3H3. The molecule has 0 heterocycles. The molecule has 0 aromatic carbocycles. The molecule has 0 radical (unpaired) electrons. The maximum absolute atomic E-state index is 11.3. The van der Waals surface area contributed by atoms with Crippen LogP contribution in [0.5, 0.6) is 0 Å². The van der Waals surface area contributed by atoms with Crippen molar-refractivity contribution in [3.05, 3.63) is 0 Å². The van der Waals surface area contributed by atoms with Crippen molar-refractivity contribution in [3.63, 3.8) is 0 Å². The average molecular weight is 230 g/mol. The van der Waals surface area contributed by atoms with Gasteiger partial charge in [0.05, 0.1) is 25.6 Å². The number of hydrogen-bond acceptors (Lipinski definition) is 4. The third kappa shape index (κ3) is 8.26. The monoisotopic (exact) mass is 230 g/mol. The number of rotatable bonds is 8. The van der Waals surface area contributed by atoms with Crippen molar-refractivity contribution < 1.29 is 19.1 Å². The highest BCUT2D eigenvalue weighted by Crippen LogP contribution is 2.06. The number of hydrogen-bond donors (Lipinski definition) is 0. The summed E-state index contributed by atoms with van der Waals surface area (Å²) in [6.07, 6.45) is 3.16. The Morgan fingerprint density at radius 1 is 1.12 bits per heavy atom. The van der Waals surface area contributed by atoms with Crippen LogP contribution >= 0.6 is 0 Å². The number of ether oxygens (including phenoxy) is 2. The summed E-state index contributed by atoms with van der Waals surface area (Å²) >= 11 is 0. The molecule has 4 heteroatoms. The zero-order valence-electron chi connectivity index (χ0n) is 10.5. The lowest BCUT2D eigenvalue weighted by molar-refractivity contribution is -0.153. The van der Waals surface area contributed by atoms with E-state index in [1.54, 1.807) is 6.92 Å². The predicted octanol–water partition coefficient (Wildman–Crippen LogP) is 2.45. The van der Waals surface area contributed by atoms with E-state index in [0.29, 0.717) is 6.61 Å². The van der Waals surface area contributed by atoms with Crippen LogP contribution in [0.2, 0.25) is 0 Å². The fourth-order valence-corrected chi connectivity index (χ4v) is 1.27. The number of carbonyl (C=O) groups is 2. The molecule has 16 heavy (non-hydrogen) atoms. The molecule has 0 aliphatic heterocycles. The van der Waals surface area contributed by atoms with E-state index in [-0.39, 0.29) is 30.9 Å². The smallest absolute Gasteiger partial charge is 0.306 e. The molecule has 0 rings (SSSR count). The quantitative estimate of drug-likeness (QED) is 0.601. The normalized spacial score (nSPS) is 11.9. The summed E-state index contributed by atoms with van der Waals surface area (Å²) in [6, 6.07) is 0. The van der Waals surface area contributed by atoms with Gasteiger partial charge in [0.1, 0.15) is 0 Å². The second-order valence-corrected chi connectivity index (χ2v) is 3.75. The Labute approximate surface area is 97.3 Å². The Morgan fingerprint density at radius 3 is 2.31 bits per heavy atom. The molecular formula is C12H22O4. The lowest BCUT2D eigenvalue weighted by Crippen LogP contribution is -2.16. The SMILES string of the molecule is CCCCC(C)OC(=O)CCC(=O)OCC. The second kappa shape index (κ2) is 9.19. The summed E-state index contributed by atoms with van der Waals surface area (Å²) in [5.41, 5.74) is 0. The lowest BCUT2D eigenvalue weighted by atomic mass is 10.2. The summed E-state index contributed by atoms with van der Waals surface area (Å²) in [7, 11) is 0. The average Bonchev–Trinajstić information content (AvgIpc) is 2.24. The van der Waals surface area contributed by atoms with Gasteiger partial charge in [-0.15, -0.1) is 0 Å². The molecule has 0 aliphatic rings. The maximum Gasteiger partial charge on any atom is 0.306 e. The molecule has 0 amide bonds. The summed E-state index contributed by atoms with van der Waals surface area (Å²) in [5, 5.41) is 0. The zero-order valence-corrected chi connectivity index (χ0v) is 10.5. The summed E-state index contributed by atoms with van der Waals surface area (Å²) in [6.45, 7) is 6.05. The van der Waals surface area contributed by atoms with Gasteiger partial charge in [0.15, 0.2) is 0 Å². The van der Waals surface area contributed by atoms with Gasteiger partial charge < -0.3 is 9.47 Å². The number of unbranched alkanes of at least 4 members (excludes halogenated alkanes) is 1. The van der Waals surface area contributed by atoms with E-state index >= 15 is 0 Å². The van der Waals surface area contributed by atoms with Crippen molar-refractivity contribution >= 4 is 11.9 Å². The molecule has 94 valence electrons. The van der Waals surface area contributed by atoms with E-state index in [1.165, 1.54) is 0 Å². The summed E-state index contributed by atoms with van der Waals surface area (Å²) in [5.74, 6) is -0.669. The third-order valence-corrected chi connectivity index (χ3v) is 2.14. The van der Waals surface area contributed by atoms with Crippen LogP contribution in [0, 0.1) is 0 Å². The van der Waals surface area contributed by atoms with Crippen LogP contribution < -0.4 is 0 Å². The Kier molecular flexibility index (Phi) is 8.58. The molecule has 0 bridgehead atoms. The molecule has 0 saturated heterocycles. The van der Waals surface area contributed by atoms with E-state index < -0.39 is 0 Å². The largest absolute Gasteiger partial charge is 0.466 e. The van der Waals surface area contributed by atoms with Gasteiger partial charge in [0.2, 0.25) is 0 Å². The van der Waals surface area contributed by atoms with Crippen LogP contribution in [-0.2, 0) is 19.1 Å². The molecule has 1 unspecified atom stereocenters. The molecule has 0 aromatic heterocycles. The Morgan fingerprint density at radius 2 is 1.75 bits per heavy atom. The number of carbonyl (C=O) groups excluding carboxylic acids is 2. The minimum atomic E-state index is -0.347. The molecule has 0 spiro atoms. The van der Waals surface area contributed by atoms with Gasteiger partial charge in [0.25, 0.3) is 0 Å². The molecule has 0 fully saturated rings. The van der Waals surface area contributed by atoms with E-state index in [9.17, 15) is 9.59 Å². The van der Waals surface area contributed by atoms with Crippen LogP contribution in [0.15, 0.2) is 0 Å². The van der Waals surface area contributed by atoms with Gasteiger partial charge >= 0.3 is 11.9 Å². The first-order valence-electron chi connectivity index (χ1n) is 5.95. The van der Waals surface area contributed by atoms with Crippen molar-refractivity contribution in [2.45, 2.75) is 59.0 Å². The molecule has 0 saturated carbocycles. The van der Waals surface area contributed by atoms with Crippen molar-refractivity contribution in [2.24, 2.45) is 0 Å². The van der Waals surface area contributed by atoms with E-state index in [0.717, 1.165) is 19.3 Å². The lowest BCUT2D eigenvalue weighted by Gasteiger charge is -2.12. The first kappa shape index (κ1) is 14.9. The van der Waals surface area contributed by atoms with Gasteiger partial charge in [-0.05, 0) is 20.3 Å². The minimum Gasteiger partial charge on any atom is -0.466 e. The highest BCUT2D eigenvalue weighted by Gasteiger charge is 2.11. The van der Waals surface area contributed by atoms with Crippen LogP contribution in [0.1, 0.15) is 52.9 Å². The summed E-state index contributed by atoms with van der Waals surface area (Å²) < 4.78 is 9.85. The van der Waals surface area contributed by atoms with Crippen molar-refractivity contribution in [3.8, 4) is 0 Å². The van der Waals surface area contributed by atoms with Crippen LogP contribution in [0.3, 0.4) is 0 Å². The first-order chi connectivity index (χ1) is 7.60. The third-order valence-electron chi connectivity index (χ3n) is 2.14. The van der Waals surface area contributed by atoms with Crippen molar-refractivity contribution in [1.29, 1.82) is 0 Å². The first-order valence-corrected chi connectivity index (χ1v) is 5.95. The van der Waals surface area contributed by atoms with Gasteiger partial charge in [0, 0.05) is 0 Å². The predicted molar refractivity (Wildman–Crippen MR) is 60.9 cm³/mol. The second-order valence-electron chi connectivity index (χ2n) is 3.75. The molecular weight excluding hydrogens is 208 g/mol. The molecule has 4 nitrogen and oxygen atoms in total. The highest BCUT2D eigenvalue weighted by atomic mass is 16.5. The zero-order chi connectivity index (χ0) is 12.4. The topological polar surface area (TPSA) is 52.6 Å².